The average molecular weight is 253 g/mol. The maximum atomic E-state index is 12.3. The number of hydrogen-bond acceptors (Lipinski definition) is 3. The van der Waals surface area contributed by atoms with E-state index in [4.69, 9.17) is 0 Å². The van der Waals surface area contributed by atoms with E-state index >= 15 is 0 Å². The van der Waals surface area contributed by atoms with Crippen LogP contribution < -0.4 is 0 Å². The fraction of sp³-hybridized carbons (Fsp3) is 0.364. The molecule has 0 saturated heterocycles. The molecule has 0 bridgehead atoms. The topological polar surface area (TPSA) is 66.1 Å². The molecule has 0 spiro atoms. The van der Waals surface area contributed by atoms with E-state index in [1.807, 2.05) is 13.8 Å². The molecule has 0 radical (unpaired) electrons. The SMILES string of the molecule is CCN(CC)S(=O)(=O)c1c[nH]c2ncccc12. The first kappa shape index (κ1) is 12.1. The van der Waals surface area contributed by atoms with Crippen molar-refractivity contribution in [2.75, 3.05) is 13.1 Å². The monoisotopic (exact) mass is 253 g/mol. The third-order valence-corrected chi connectivity index (χ3v) is 4.83. The Bertz CT molecular complexity index is 614. The van der Waals surface area contributed by atoms with Crippen molar-refractivity contribution in [3.05, 3.63) is 24.5 Å². The van der Waals surface area contributed by atoms with Gasteiger partial charge in [-0.3, -0.25) is 0 Å². The van der Waals surface area contributed by atoms with E-state index in [9.17, 15) is 8.42 Å². The highest BCUT2D eigenvalue weighted by Gasteiger charge is 2.24. The number of sulfonamides is 1. The first-order chi connectivity index (χ1) is 8.11. The maximum Gasteiger partial charge on any atom is 0.245 e. The zero-order chi connectivity index (χ0) is 12.5. The normalized spacial score (nSPS) is 12.4. The zero-order valence-electron chi connectivity index (χ0n) is 9.84. The molecule has 2 aromatic rings. The molecule has 0 aliphatic carbocycles. The van der Waals surface area contributed by atoms with Gasteiger partial charge in [0.25, 0.3) is 0 Å². The summed E-state index contributed by atoms with van der Waals surface area (Å²) in [6.07, 6.45) is 3.14. The molecule has 2 aromatic heterocycles. The van der Waals surface area contributed by atoms with Gasteiger partial charge in [0.15, 0.2) is 0 Å². The minimum atomic E-state index is -3.42. The first-order valence-electron chi connectivity index (χ1n) is 5.53. The molecule has 0 fully saturated rings. The van der Waals surface area contributed by atoms with Gasteiger partial charge in [-0.25, -0.2) is 13.4 Å². The van der Waals surface area contributed by atoms with Gasteiger partial charge in [0.2, 0.25) is 10.0 Å². The van der Waals surface area contributed by atoms with Gasteiger partial charge in [-0.15, -0.1) is 0 Å². The molecule has 0 unspecified atom stereocenters. The highest BCUT2D eigenvalue weighted by molar-refractivity contribution is 7.89. The largest absolute Gasteiger partial charge is 0.345 e. The third-order valence-electron chi connectivity index (χ3n) is 2.74. The summed E-state index contributed by atoms with van der Waals surface area (Å²) in [5, 5.41) is 0.638. The predicted octanol–water partition coefficient (Wildman–Crippen LogP) is 1.59. The van der Waals surface area contributed by atoms with Crippen LogP contribution in [0.4, 0.5) is 0 Å². The van der Waals surface area contributed by atoms with Gasteiger partial charge >= 0.3 is 0 Å². The molecule has 0 amide bonds. The number of aromatic nitrogens is 2. The van der Waals surface area contributed by atoms with Crippen molar-refractivity contribution in [1.82, 2.24) is 14.3 Å². The molecule has 0 aliphatic rings. The highest BCUT2D eigenvalue weighted by atomic mass is 32.2. The van der Waals surface area contributed by atoms with Crippen molar-refractivity contribution >= 4 is 21.1 Å². The molecule has 1 N–H and O–H groups in total. The van der Waals surface area contributed by atoms with E-state index in [2.05, 4.69) is 9.97 Å². The summed E-state index contributed by atoms with van der Waals surface area (Å²) in [6, 6.07) is 3.49. The van der Waals surface area contributed by atoms with E-state index in [0.717, 1.165) is 0 Å². The molecule has 0 aliphatic heterocycles. The van der Waals surface area contributed by atoms with Crippen molar-refractivity contribution in [1.29, 1.82) is 0 Å². The van der Waals surface area contributed by atoms with Crippen molar-refractivity contribution in [2.24, 2.45) is 0 Å². The highest BCUT2D eigenvalue weighted by Crippen LogP contribution is 2.23. The fourth-order valence-corrected chi connectivity index (χ4v) is 3.46. The summed E-state index contributed by atoms with van der Waals surface area (Å²) < 4.78 is 26.1. The van der Waals surface area contributed by atoms with Crippen LogP contribution >= 0.6 is 0 Å². The summed E-state index contributed by atoms with van der Waals surface area (Å²) in [5.74, 6) is 0. The summed E-state index contributed by atoms with van der Waals surface area (Å²) >= 11 is 0. The van der Waals surface area contributed by atoms with Crippen LogP contribution in [-0.4, -0.2) is 35.8 Å². The van der Waals surface area contributed by atoms with E-state index in [1.54, 1.807) is 18.3 Å². The molecule has 17 heavy (non-hydrogen) atoms. The number of pyridine rings is 1. The van der Waals surface area contributed by atoms with Crippen LogP contribution in [0.25, 0.3) is 11.0 Å². The van der Waals surface area contributed by atoms with Crippen LogP contribution in [0, 0.1) is 0 Å². The quantitative estimate of drug-likeness (QED) is 0.900. The molecular formula is C11H15N3O2S. The van der Waals surface area contributed by atoms with Crippen LogP contribution in [0.1, 0.15) is 13.8 Å². The molecule has 2 rings (SSSR count). The Morgan fingerprint density at radius 3 is 2.71 bits per heavy atom. The lowest BCUT2D eigenvalue weighted by molar-refractivity contribution is 0.446. The Morgan fingerprint density at radius 2 is 2.06 bits per heavy atom. The van der Waals surface area contributed by atoms with Crippen molar-refractivity contribution in [3.63, 3.8) is 0 Å². The Hall–Kier alpha value is -1.40. The van der Waals surface area contributed by atoms with Gasteiger partial charge in [-0.1, -0.05) is 13.8 Å². The van der Waals surface area contributed by atoms with Crippen molar-refractivity contribution < 1.29 is 8.42 Å². The van der Waals surface area contributed by atoms with E-state index in [1.165, 1.54) is 10.5 Å². The summed E-state index contributed by atoms with van der Waals surface area (Å²) in [7, 11) is -3.42. The van der Waals surface area contributed by atoms with E-state index in [0.29, 0.717) is 29.0 Å². The third kappa shape index (κ3) is 1.94. The standard InChI is InChI=1S/C11H15N3O2S/c1-3-14(4-2)17(15,16)10-8-13-11-9(10)6-5-7-12-11/h5-8H,3-4H2,1-2H3,(H,12,13). The summed E-state index contributed by atoms with van der Waals surface area (Å²) in [6.45, 7) is 4.58. The fourth-order valence-electron chi connectivity index (χ4n) is 1.85. The number of H-pyrrole nitrogens is 1. The minimum Gasteiger partial charge on any atom is -0.345 e. The Kier molecular flexibility index (Phi) is 3.17. The van der Waals surface area contributed by atoms with Gasteiger partial charge < -0.3 is 4.98 Å². The molecule has 2 heterocycles. The van der Waals surface area contributed by atoms with Crippen LogP contribution in [0.15, 0.2) is 29.4 Å². The summed E-state index contributed by atoms with van der Waals surface area (Å²) in [4.78, 5) is 7.26. The smallest absolute Gasteiger partial charge is 0.245 e. The molecule has 0 atom stereocenters. The molecule has 6 heteroatoms. The lowest BCUT2D eigenvalue weighted by Gasteiger charge is -2.17. The predicted molar refractivity (Wildman–Crippen MR) is 66.2 cm³/mol. The Labute approximate surface area is 101 Å². The Morgan fingerprint density at radius 1 is 1.35 bits per heavy atom. The number of rotatable bonds is 4. The molecular weight excluding hydrogens is 238 g/mol. The Balaban J connectivity index is 2.60. The van der Waals surface area contributed by atoms with E-state index in [-0.39, 0.29) is 0 Å². The summed E-state index contributed by atoms with van der Waals surface area (Å²) in [5.41, 5.74) is 0.596. The first-order valence-corrected chi connectivity index (χ1v) is 6.97. The zero-order valence-corrected chi connectivity index (χ0v) is 10.7. The number of nitrogens with one attached hydrogen (secondary N) is 1. The minimum absolute atomic E-state index is 0.296. The number of nitrogens with zero attached hydrogens (tertiary/aromatic N) is 2. The van der Waals surface area contributed by atoms with Crippen LogP contribution in [0.2, 0.25) is 0 Å². The van der Waals surface area contributed by atoms with Crippen molar-refractivity contribution in [2.45, 2.75) is 18.7 Å². The van der Waals surface area contributed by atoms with Gasteiger partial charge in [0, 0.05) is 30.9 Å². The second-order valence-electron chi connectivity index (χ2n) is 3.64. The molecule has 0 saturated carbocycles. The van der Waals surface area contributed by atoms with Crippen LogP contribution in [0.3, 0.4) is 0 Å². The van der Waals surface area contributed by atoms with Crippen LogP contribution in [-0.2, 0) is 10.0 Å². The van der Waals surface area contributed by atoms with Crippen molar-refractivity contribution in [3.8, 4) is 0 Å². The second-order valence-corrected chi connectivity index (χ2v) is 5.55. The van der Waals surface area contributed by atoms with Crippen LogP contribution in [0.5, 0.6) is 0 Å². The van der Waals surface area contributed by atoms with Gasteiger partial charge in [-0.2, -0.15) is 4.31 Å². The lowest BCUT2D eigenvalue weighted by atomic mass is 10.3. The van der Waals surface area contributed by atoms with Gasteiger partial charge in [-0.05, 0) is 12.1 Å². The van der Waals surface area contributed by atoms with E-state index < -0.39 is 10.0 Å². The molecule has 5 nitrogen and oxygen atoms in total. The molecule has 92 valence electrons. The molecule has 0 aromatic carbocycles. The maximum absolute atomic E-state index is 12.3. The number of fused-ring (bicyclic) bond motifs is 1. The average Bonchev–Trinajstić information content (AvgIpc) is 2.74. The lowest BCUT2D eigenvalue weighted by Crippen LogP contribution is -2.30. The number of aromatic amines is 1. The second kappa shape index (κ2) is 4.46. The van der Waals surface area contributed by atoms with Gasteiger partial charge in [0.05, 0.1) is 0 Å². The number of hydrogen-bond donors (Lipinski definition) is 1. The van der Waals surface area contributed by atoms with Gasteiger partial charge in [0.1, 0.15) is 10.5 Å².